The number of piperazine rings is 1. The van der Waals surface area contributed by atoms with Gasteiger partial charge in [0.1, 0.15) is 0 Å². The van der Waals surface area contributed by atoms with Crippen LogP contribution in [0.2, 0.25) is 0 Å². The molecule has 0 aromatic carbocycles. The molecule has 2 rings (SSSR count). The van der Waals surface area contributed by atoms with Crippen LogP contribution in [-0.2, 0) is 4.74 Å². The van der Waals surface area contributed by atoms with Crippen LogP contribution in [0.4, 0.5) is 0 Å². The normalized spacial score (nSPS) is 26.1. The minimum Gasteiger partial charge on any atom is -0.381 e. The maximum atomic E-state index is 5.24. The van der Waals surface area contributed by atoms with Crippen molar-refractivity contribution in [2.45, 2.75) is 25.8 Å². The lowest BCUT2D eigenvalue weighted by Gasteiger charge is -2.44. The van der Waals surface area contributed by atoms with E-state index in [4.69, 9.17) is 4.74 Å². The molecular weight excluding hydrogens is 176 g/mol. The molecule has 0 unspecified atom stereocenters. The zero-order valence-electron chi connectivity index (χ0n) is 9.38. The van der Waals surface area contributed by atoms with Crippen molar-refractivity contribution < 1.29 is 4.74 Å². The monoisotopic (exact) mass is 198 g/mol. The summed E-state index contributed by atoms with van der Waals surface area (Å²) in [6, 6.07) is 0. The lowest BCUT2D eigenvalue weighted by atomic mass is 9.87. The summed E-state index contributed by atoms with van der Waals surface area (Å²) in [6.07, 6.45) is 1.28. The Bertz CT molecular complexity index is 184. The quantitative estimate of drug-likeness (QED) is 0.723. The first-order valence-corrected chi connectivity index (χ1v) is 5.72. The molecule has 2 heterocycles. The standard InChI is InChI=1S/C11H22N2O/c1-11(2,7-10-8-14-9-10)13-5-3-12-4-6-13/h10,12H,3-9H2,1-2H3. The SMILES string of the molecule is CC(C)(CC1COC1)N1CCNCC1. The third kappa shape index (κ3) is 2.27. The smallest absolute Gasteiger partial charge is 0.0517 e. The summed E-state index contributed by atoms with van der Waals surface area (Å²) in [5.41, 5.74) is 0.358. The average molecular weight is 198 g/mol. The lowest BCUT2D eigenvalue weighted by molar-refractivity contribution is -0.0602. The molecule has 0 atom stereocenters. The van der Waals surface area contributed by atoms with Crippen LogP contribution in [0, 0.1) is 5.92 Å². The Morgan fingerprint density at radius 3 is 2.43 bits per heavy atom. The molecule has 3 heteroatoms. The number of rotatable bonds is 3. The minimum absolute atomic E-state index is 0.358. The Kier molecular flexibility index (Phi) is 3.10. The number of nitrogens with one attached hydrogen (secondary N) is 1. The van der Waals surface area contributed by atoms with Gasteiger partial charge in [-0.15, -0.1) is 0 Å². The van der Waals surface area contributed by atoms with Gasteiger partial charge >= 0.3 is 0 Å². The van der Waals surface area contributed by atoms with Gasteiger partial charge in [-0.2, -0.15) is 0 Å². The van der Waals surface area contributed by atoms with Crippen molar-refractivity contribution in [2.75, 3.05) is 39.4 Å². The number of ether oxygens (including phenoxy) is 1. The Balaban J connectivity index is 1.84. The van der Waals surface area contributed by atoms with E-state index in [1.165, 1.54) is 19.5 Å². The van der Waals surface area contributed by atoms with Crippen LogP contribution in [0.25, 0.3) is 0 Å². The average Bonchev–Trinajstić information content (AvgIpc) is 2.13. The maximum absolute atomic E-state index is 5.24. The molecule has 0 radical (unpaired) electrons. The molecule has 82 valence electrons. The predicted octanol–water partition coefficient (Wildman–Crippen LogP) is 0.707. The number of nitrogens with zero attached hydrogens (tertiary/aromatic N) is 1. The van der Waals surface area contributed by atoms with Crippen LogP contribution in [0.15, 0.2) is 0 Å². The summed E-state index contributed by atoms with van der Waals surface area (Å²) in [6.45, 7) is 11.4. The van der Waals surface area contributed by atoms with Gasteiger partial charge in [0.05, 0.1) is 13.2 Å². The fraction of sp³-hybridized carbons (Fsp3) is 1.00. The molecule has 0 saturated carbocycles. The highest BCUT2D eigenvalue weighted by Crippen LogP contribution is 2.27. The fourth-order valence-corrected chi connectivity index (χ4v) is 2.51. The topological polar surface area (TPSA) is 24.5 Å². The predicted molar refractivity (Wildman–Crippen MR) is 57.4 cm³/mol. The zero-order chi connectivity index (χ0) is 10.0. The Hall–Kier alpha value is -0.120. The van der Waals surface area contributed by atoms with E-state index in [-0.39, 0.29) is 0 Å². The van der Waals surface area contributed by atoms with Gasteiger partial charge in [0.2, 0.25) is 0 Å². The molecule has 2 saturated heterocycles. The third-order valence-corrected chi connectivity index (χ3v) is 3.47. The second-order valence-electron chi connectivity index (χ2n) is 5.16. The molecule has 3 nitrogen and oxygen atoms in total. The molecular formula is C11H22N2O. The van der Waals surface area contributed by atoms with Gasteiger partial charge in [-0.05, 0) is 20.3 Å². The van der Waals surface area contributed by atoms with Crippen molar-refractivity contribution in [2.24, 2.45) is 5.92 Å². The van der Waals surface area contributed by atoms with E-state index in [9.17, 15) is 0 Å². The van der Waals surface area contributed by atoms with Crippen LogP contribution in [0.3, 0.4) is 0 Å². The first-order valence-electron chi connectivity index (χ1n) is 5.72. The van der Waals surface area contributed by atoms with Gasteiger partial charge in [0.25, 0.3) is 0 Å². The van der Waals surface area contributed by atoms with Crippen molar-refractivity contribution in [1.82, 2.24) is 10.2 Å². The molecule has 0 spiro atoms. The van der Waals surface area contributed by atoms with Gasteiger partial charge < -0.3 is 10.1 Å². The van der Waals surface area contributed by atoms with Gasteiger partial charge in [0, 0.05) is 37.6 Å². The van der Waals surface area contributed by atoms with Crippen LogP contribution >= 0.6 is 0 Å². The summed E-state index contributed by atoms with van der Waals surface area (Å²) in [5, 5.41) is 3.40. The van der Waals surface area contributed by atoms with Crippen LogP contribution in [0.1, 0.15) is 20.3 Å². The molecule has 0 bridgehead atoms. The van der Waals surface area contributed by atoms with E-state index in [0.717, 1.165) is 32.2 Å². The molecule has 0 amide bonds. The van der Waals surface area contributed by atoms with E-state index >= 15 is 0 Å². The van der Waals surface area contributed by atoms with E-state index < -0.39 is 0 Å². The van der Waals surface area contributed by atoms with Gasteiger partial charge in [-0.1, -0.05) is 0 Å². The van der Waals surface area contributed by atoms with E-state index in [1.807, 2.05) is 0 Å². The summed E-state index contributed by atoms with van der Waals surface area (Å²) in [4.78, 5) is 2.61. The highest BCUT2D eigenvalue weighted by Gasteiger charge is 2.33. The Morgan fingerprint density at radius 2 is 1.93 bits per heavy atom. The van der Waals surface area contributed by atoms with Crippen molar-refractivity contribution in [3.63, 3.8) is 0 Å². The lowest BCUT2D eigenvalue weighted by Crippen LogP contribution is -2.55. The van der Waals surface area contributed by atoms with E-state index in [1.54, 1.807) is 0 Å². The summed E-state index contributed by atoms with van der Waals surface area (Å²) >= 11 is 0. The molecule has 1 N–H and O–H groups in total. The van der Waals surface area contributed by atoms with E-state index in [0.29, 0.717) is 5.54 Å². The molecule has 2 aliphatic heterocycles. The van der Waals surface area contributed by atoms with Crippen molar-refractivity contribution in [1.29, 1.82) is 0 Å². The largest absolute Gasteiger partial charge is 0.381 e. The van der Waals surface area contributed by atoms with E-state index in [2.05, 4.69) is 24.1 Å². The van der Waals surface area contributed by atoms with Crippen LogP contribution < -0.4 is 5.32 Å². The highest BCUT2D eigenvalue weighted by atomic mass is 16.5. The fourth-order valence-electron chi connectivity index (χ4n) is 2.51. The van der Waals surface area contributed by atoms with Gasteiger partial charge in [-0.3, -0.25) is 4.90 Å². The summed E-state index contributed by atoms with van der Waals surface area (Å²) in [5.74, 6) is 0.805. The molecule has 14 heavy (non-hydrogen) atoms. The minimum atomic E-state index is 0.358. The zero-order valence-corrected chi connectivity index (χ0v) is 9.38. The summed E-state index contributed by atoms with van der Waals surface area (Å²) in [7, 11) is 0. The Labute approximate surface area is 86.8 Å². The molecule has 2 fully saturated rings. The first-order chi connectivity index (χ1) is 6.68. The number of hydrogen-bond acceptors (Lipinski definition) is 3. The first kappa shape index (κ1) is 10.4. The van der Waals surface area contributed by atoms with Gasteiger partial charge in [-0.25, -0.2) is 0 Å². The van der Waals surface area contributed by atoms with Crippen LogP contribution in [-0.4, -0.2) is 49.8 Å². The second kappa shape index (κ2) is 4.17. The molecule has 0 aliphatic carbocycles. The van der Waals surface area contributed by atoms with Crippen molar-refractivity contribution in [3.05, 3.63) is 0 Å². The molecule has 0 aromatic heterocycles. The highest BCUT2D eigenvalue weighted by molar-refractivity contribution is 4.88. The molecule has 0 aromatic rings. The number of hydrogen-bond donors (Lipinski definition) is 1. The Morgan fingerprint density at radius 1 is 1.29 bits per heavy atom. The summed E-state index contributed by atoms with van der Waals surface area (Å²) < 4.78 is 5.24. The van der Waals surface area contributed by atoms with Crippen molar-refractivity contribution in [3.8, 4) is 0 Å². The third-order valence-electron chi connectivity index (χ3n) is 3.47. The maximum Gasteiger partial charge on any atom is 0.0517 e. The molecule has 2 aliphatic rings. The van der Waals surface area contributed by atoms with Gasteiger partial charge in [0.15, 0.2) is 0 Å². The second-order valence-corrected chi connectivity index (χ2v) is 5.16. The van der Waals surface area contributed by atoms with Crippen LogP contribution in [0.5, 0.6) is 0 Å². The van der Waals surface area contributed by atoms with Crippen molar-refractivity contribution >= 4 is 0 Å².